The molecule has 0 radical (unpaired) electrons. The van der Waals surface area contributed by atoms with E-state index in [-0.39, 0.29) is 5.91 Å². The molecule has 0 spiro atoms. The lowest BCUT2D eigenvalue weighted by Crippen LogP contribution is -2.62. The Bertz CT molecular complexity index is 296. The van der Waals surface area contributed by atoms with Crippen LogP contribution in [0.1, 0.15) is 44.9 Å². The highest BCUT2D eigenvalue weighted by Crippen LogP contribution is 2.36. The van der Waals surface area contributed by atoms with Crippen molar-refractivity contribution in [2.75, 3.05) is 13.6 Å². The van der Waals surface area contributed by atoms with Gasteiger partial charge in [-0.15, -0.1) is 0 Å². The van der Waals surface area contributed by atoms with Gasteiger partial charge in [0.05, 0.1) is 0 Å². The van der Waals surface area contributed by atoms with Gasteiger partial charge in [-0.2, -0.15) is 0 Å². The maximum absolute atomic E-state index is 11.3. The van der Waals surface area contributed by atoms with Gasteiger partial charge in [-0.05, 0) is 39.2 Å². The Morgan fingerprint density at radius 2 is 1.89 bits per heavy atom. The van der Waals surface area contributed by atoms with Gasteiger partial charge in [0, 0.05) is 37.1 Å². The maximum Gasteiger partial charge on any atom is 0.220 e. The summed E-state index contributed by atoms with van der Waals surface area (Å²) in [7, 11) is 2.09. The smallest absolute Gasteiger partial charge is 0.220 e. The van der Waals surface area contributed by atoms with Gasteiger partial charge in [0.15, 0.2) is 0 Å². The highest BCUT2D eigenvalue weighted by Gasteiger charge is 2.41. The van der Waals surface area contributed by atoms with Crippen molar-refractivity contribution in [1.82, 2.24) is 15.5 Å². The molecule has 0 aliphatic carbocycles. The highest BCUT2D eigenvalue weighted by molar-refractivity contribution is 5.76. The number of amides is 1. The van der Waals surface area contributed by atoms with Crippen molar-refractivity contribution in [3.63, 3.8) is 0 Å². The van der Waals surface area contributed by atoms with Crippen LogP contribution in [0.3, 0.4) is 0 Å². The third kappa shape index (κ3) is 2.28. The van der Waals surface area contributed by atoms with Crippen LogP contribution in [0, 0.1) is 0 Å². The van der Waals surface area contributed by atoms with E-state index in [1.807, 2.05) is 0 Å². The van der Waals surface area contributed by atoms with Gasteiger partial charge < -0.3 is 10.6 Å². The first kappa shape index (κ1) is 12.4. The molecule has 0 saturated carbocycles. The van der Waals surface area contributed by atoms with Gasteiger partial charge in [0.25, 0.3) is 0 Å². The van der Waals surface area contributed by atoms with E-state index in [2.05, 4.69) is 22.6 Å². The van der Waals surface area contributed by atoms with E-state index in [1.54, 1.807) is 0 Å². The van der Waals surface area contributed by atoms with Crippen molar-refractivity contribution in [2.24, 2.45) is 0 Å². The molecule has 0 aromatic heterocycles. The van der Waals surface area contributed by atoms with Crippen LogP contribution in [0.4, 0.5) is 0 Å². The molecule has 1 amide bonds. The standard InChI is InChI=1S/C14H25N3O/c1-15-10-7-11-3-2-4-12(8-10)17(11)13-5-6-14(18)16-9-13/h10-13,15H,2-9H2,1H3,(H,16,18). The van der Waals surface area contributed by atoms with Crippen molar-refractivity contribution < 1.29 is 4.79 Å². The molecule has 3 aliphatic rings. The summed E-state index contributed by atoms with van der Waals surface area (Å²) in [6.45, 7) is 0.871. The van der Waals surface area contributed by atoms with Crippen LogP contribution in [-0.2, 0) is 4.79 Å². The predicted octanol–water partition coefficient (Wildman–Crippen LogP) is 0.870. The summed E-state index contributed by atoms with van der Waals surface area (Å²) in [6, 6.07) is 2.79. The van der Waals surface area contributed by atoms with Gasteiger partial charge in [-0.25, -0.2) is 0 Å². The number of fused-ring (bicyclic) bond motifs is 2. The Balaban J connectivity index is 1.69. The zero-order valence-corrected chi connectivity index (χ0v) is 11.3. The summed E-state index contributed by atoms with van der Waals surface area (Å²) in [4.78, 5) is 14.1. The van der Waals surface area contributed by atoms with Crippen LogP contribution < -0.4 is 10.6 Å². The Hall–Kier alpha value is -0.610. The van der Waals surface area contributed by atoms with Crippen molar-refractivity contribution in [1.29, 1.82) is 0 Å². The predicted molar refractivity (Wildman–Crippen MR) is 71.4 cm³/mol. The third-order valence-electron chi connectivity index (χ3n) is 5.10. The van der Waals surface area contributed by atoms with Gasteiger partial charge >= 0.3 is 0 Å². The minimum absolute atomic E-state index is 0.238. The van der Waals surface area contributed by atoms with E-state index < -0.39 is 0 Å². The van der Waals surface area contributed by atoms with Crippen molar-refractivity contribution >= 4 is 5.91 Å². The summed E-state index contributed by atoms with van der Waals surface area (Å²) >= 11 is 0. The van der Waals surface area contributed by atoms with E-state index >= 15 is 0 Å². The number of nitrogens with one attached hydrogen (secondary N) is 2. The first-order chi connectivity index (χ1) is 8.78. The van der Waals surface area contributed by atoms with Crippen molar-refractivity contribution in [2.45, 2.75) is 69.1 Å². The molecule has 4 heteroatoms. The lowest BCUT2D eigenvalue weighted by atomic mass is 9.80. The molecule has 2 N–H and O–H groups in total. The average Bonchev–Trinajstić information content (AvgIpc) is 2.38. The highest BCUT2D eigenvalue weighted by atomic mass is 16.1. The second-order valence-corrected chi connectivity index (χ2v) is 6.14. The minimum Gasteiger partial charge on any atom is -0.355 e. The molecule has 3 fully saturated rings. The van der Waals surface area contributed by atoms with Crippen LogP contribution in [-0.4, -0.2) is 48.6 Å². The molecule has 3 aliphatic heterocycles. The minimum atomic E-state index is 0.238. The zero-order valence-electron chi connectivity index (χ0n) is 11.3. The van der Waals surface area contributed by atoms with Crippen LogP contribution in [0.5, 0.6) is 0 Å². The molecule has 4 nitrogen and oxygen atoms in total. The van der Waals surface area contributed by atoms with Crippen LogP contribution >= 0.6 is 0 Å². The Labute approximate surface area is 109 Å². The largest absolute Gasteiger partial charge is 0.355 e. The molecular formula is C14H25N3O. The molecule has 0 aromatic rings. The normalized spacial score (nSPS) is 41.5. The fourth-order valence-corrected chi connectivity index (χ4v) is 4.22. The summed E-state index contributed by atoms with van der Waals surface area (Å²) in [5, 5.41) is 6.51. The molecule has 0 aromatic carbocycles. The van der Waals surface area contributed by atoms with E-state index in [0.29, 0.717) is 12.1 Å². The SMILES string of the molecule is CNC1CC2CCCC(C1)N2C1CCC(=O)NC1. The molecule has 3 unspecified atom stereocenters. The van der Waals surface area contributed by atoms with Gasteiger partial charge in [0.1, 0.15) is 0 Å². The quantitative estimate of drug-likeness (QED) is 0.765. The van der Waals surface area contributed by atoms with Crippen molar-refractivity contribution in [3.05, 3.63) is 0 Å². The van der Waals surface area contributed by atoms with Crippen LogP contribution in [0.15, 0.2) is 0 Å². The summed E-state index contributed by atoms with van der Waals surface area (Å²) in [5.74, 6) is 0.238. The van der Waals surface area contributed by atoms with E-state index in [1.165, 1.54) is 32.1 Å². The molecule has 102 valence electrons. The number of rotatable bonds is 2. The zero-order chi connectivity index (χ0) is 12.5. The monoisotopic (exact) mass is 251 g/mol. The van der Waals surface area contributed by atoms with Crippen LogP contribution in [0.2, 0.25) is 0 Å². The molecule has 3 heterocycles. The Morgan fingerprint density at radius 3 is 2.44 bits per heavy atom. The molecular weight excluding hydrogens is 226 g/mol. The molecule has 2 bridgehead atoms. The lowest BCUT2D eigenvalue weighted by molar-refractivity contribution is -0.124. The topological polar surface area (TPSA) is 44.4 Å². The van der Waals surface area contributed by atoms with E-state index in [4.69, 9.17) is 0 Å². The number of nitrogens with zero attached hydrogens (tertiary/aromatic N) is 1. The molecule has 18 heavy (non-hydrogen) atoms. The van der Waals surface area contributed by atoms with Crippen molar-refractivity contribution in [3.8, 4) is 0 Å². The maximum atomic E-state index is 11.3. The second kappa shape index (κ2) is 5.17. The lowest BCUT2D eigenvalue weighted by Gasteiger charge is -2.53. The molecule has 3 atom stereocenters. The summed E-state index contributed by atoms with van der Waals surface area (Å²) in [5.41, 5.74) is 0. The number of piperidine rings is 3. The van der Waals surface area contributed by atoms with E-state index in [0.717, 1.165) is 31.5 Å². The van der Waals surface area contributed by atoms with Crippen LogP contribution in [0.25, 0.3) is 0 Å². The Morgan fingerprint density at radius 1 is 1.17 bits per heavy atom. The number of carbonyl (C=O) groups excluding carboxylic acids is 1. The molecule has 3 rings (SSSR count). The molecule has 3 saturated heterocycles. The van der Waals surface area contributed by atoms with Gasteiger partial charge in [-0.3, -0.25) is 9.69 Å². The first-order valence-corrected chi connectivity index (χ1v) is 7.49. The Kier molecular flexibility index (Phi) is 3.57. The first-order valence-electron chi connectivity index (χ1n) is 7.49. The second-order valence-electron chi connectivity index (χ2n) is 6.14. The third-order valence-corrected chi connectivity index (χ3v) is 5.10. The van der Waals surface area contributed by atoms with E-state index in [9.17, 15) is 4.79 Å². The average molecular weight is 251 g/mol. The number of carbonyl (C=O) groups is 1. The summed E-state index contributed by atoms with van der Waals surface area (Å²) < 4.78 is 0. The number of hydrogen-bond acceptors (Lipinski definition) is 3. The van der Waals surface area contributed by atoms with Gasteiger partial charge in [0.2, 0.25) is 5.91 Å². The fraction of sp³-hybridized carbons (Fsp3) is 0.929. The van der Waals surface area contributed by atoms with Gasteiger partial charge in [-0.1, -0.05) is 6.42 Å². The number of hydrogen-bond donors (Lipinski definition) is 2. The fourth-order valence-electron chi connectivity index (χ4n) is 4.22. The summed E-state index contributed by atoms with van der Waals surface area (Å²) in [6.07, 6.45) is 8.44.